The number of nitrogens with zero attached hydrogens (tertiary/aromatic N) is 2. The highest BCUT2D eigenvalue weighted by atomic mass is 32.2. The summed E-state index contributed by atoms with van der Waals surface area (Å²) in [5.41, 5.74) is 2.05. The van der Waals surface area contributed by atoms with Gasteiger partial charge in [-0.05, 0) is 61.2 Å². The highest BCUT2D eigenvalue weighted by molar-refractivity contribution is 8.18. The van der Waals surface area contributed by atoms with Crippen LogP contribution in [-0.4, -0.2) is 36.2 Å². The quantitative estimate of drug-likeness (QED) is 0.728. The number of benzene rings is 1. The zero-order chi connectivity index (χ0) is 18.0. The minimum absolute atomic E-state index is 0.00480. The van der Waals surface area contributed by atoms with E-state index >= 15 is 0 Å². The van der Waals surface area contributed by atoms with Crippen LogP contribution in [-0.2, 0) is 4.79 Å². The number of hydrogen-bond donors (Lipinski definition) is 0. The molecule has 0 aromatic heterocycles. The summed E-state index contributed by atoms with van der Waals surface area (Å²) in [7, 11) is 3.99. The molecule has 1 heterocycles. The molecule has 1 unspecified atom stereocenters. The number of imide groups is 1. The Morgan fingerprint density at radius 1 is 1.12 bits per heavy atom. The topological polar surface area (TPSA) is 40.6 Å². The molecule has 1 atom stereocenters. The fraction of sp³-hybridized carbons (Fsp3) is 0.500. The fourth-order valence-corrected chi connectivity index (χ4v) is 4.59. The monoisotopic (exact) mass is 358 g/mol. The van der Waals surface area contributed by atoms with Gasteiger partial charge in [0.15, 0.2) is 0 Å². The van der Waals surface area contributed by atoms with Gasteiger partial charge in [0.1, 0.15) is 0 Å². The van der Waals surface area contributed by atoms with Crippen LogP contribution in [0, 0.1) is 5.92 Å². The number of hydrogen-bond acceptors (Lipinski definition) is 4. The summed E-state index contributed by atoms with van der Waals surface area (Å²) in [5.74, 6) is 0.311. The minimum atomic E-state index is -0.134. The van der Waals surface area contributed by atoms with Gasteiger partial charge >= 0.3 is 0 Å². The first-order valence-electron chi connectivity index (χ1n) is 9.02. The van der Waals surface area contributed by atoms with Crippen molar-refractivity contribution in [3.05, 3.63) is 34.7 Å². The molecule has 0 N–H and O–H groups in total. The summed E-state index contributed by atoms with van der Waals surface area (Å²) >= 11 is 1.07. The third kappa shape index (κ3) is 3.92. The Morgan fingerprint density at radius 3 is 2.36 bits per heavy atom. The molecular formula is C20H26N2O2S. The van der Waals surface area contributed by atoms with E-state index in [1.54, 1.807) is 0 Å². The molecule has 2 aliphatic rings. The van der Waals surface area contributed by atoms with Crippen LogP contribution >= 0.6 is 11.8 Å². The average molecular weight is 359 g/mol. The van der Waals surface area contributed by atoms with E-state index in [0.29, 0.717) is 10.8 Å². The Bertz CT molecular complexity index is 675. The van der Waals surface area contributed by atoms with Gasteiger partial charge in [0.25, 0.3) is 11.1 Å². The molecule has 1 aromatic carbocycles. The van der Waals surface area contributed by atoms with E-state index in [-0.39, 0.29) is 17.2 Å². The Kier molecular flexibility index (Phi) is 5.52. The molecular weight excluding hydrogens is 332 g/mol. The van der Waals surface area contributed by atoms with Crippen molar-refractivity contribution in [3.8, 4) is 0 Å². The Labute approximate surface area is 154 Å². The lowest BCUT2D eigenvalue weighted by Gasteiger charge is -2.32. The number of carbonyl (C=O) groups is 2. The molecule has 1 saturated carbocycles. The lowest BCUT2D eigenvalue weighted by Crippen LogP contribution is -2.42. The molecule has 3 rings (SSSR count). The Balaban J connectivity index is 1.75. The van der Waals surface area contributed by atoms with E-state index in [1.165, 1.54) is 24.2 Å². The van der Waals surface area contributed by atoms with Gasteiger partial charge in [0.2, 0.25) is 0 Å². The van der Waals surface area contributed by atoms with Crippen molar-refractivity contribution >= 4 is 34.7 Å². The van der Waals surface area contributed by atoms with Crippen LogP contribution in [0.4, 0.5) is 10.5 Å². The molecule has 0 bridgehead atoms. The highest BCUT2D eigenvalue weighted by Gasteiger charge is 2.40. The zero-order valence-corrected chi connectivity index (χ0v) is 16.0. The summed E-state index contributed by atoms with van der Waals surface area (Å²) in [6, 6.07) is 7.98. The molecule has 1 saturated heterocycles. The number of anilines is 1. The predicted octanol–water partition coefficient (Wildman–Crippen LogP) is 4.76. The third-order valence-corrected chi connectivity index (χ3v) is 6.15. The van der Waals surface area contributed by atoms with Crippen LogP contribution in [0.3, 0.4) is 0 Å². The Morgan fingerprint density at radius 2 is 1.76 bits per heavy atom. The minimum Gasteiger partial charge on any atom is -0.378 e. The first-order valence-corrected chi connectivity index (χ1v) is 9.83. The van der Waals surface area contributed by atoms with E-state index < -0.39 is 0 Å². The second-order valence-electron chi connectivity index (χ2n) is 7.18. The standard InChI is InChI=1S/C20H26N2O2S/c1-14(16-7-5-4-6-8-16)22-19(23)18(25-20(22)24)13-15-9-11-17(12-10-15)21(2)3/h9-14,16H,4-8H2,1-3H3. The second-order valence-corrected chi connectivity index (χ2v) is 8.17. The van der Waals surface area contributed by atoms with Crippen LogP contribution in [0.25, 0.3) is 6.08 Å². The highest BCUT2D eigenvalue weighted by Crippen LogP contribution is 2.38. The van der Waals surface area contributed by atoms with Crippen molar-refractivity contribution < 1.29 is 9.59 Å². The van der Waals surface area contributed by atoms with Crippen molar-refractivity contribution in [2.75, 3.05) is 19.0 Å². The lowest BCUT2D eigenvalue weighted by atomic mass is 9.84. The van der Waals surface area contributed by atoms with E-state index in [4.69, 9.17) is 0 Å². The van der Waals surface area contributed by atoms with Gasteiger partial charge in [-0.25, -0.2) is 0 Å². The van der Waals surface area contributed by atoms with Crippen LogP contribution in [0.1, 0.15) is 44.6 Å². The van der Waals surface area contributed by atoms with E-state index in [2.05, 4.69) is 0 Å². The van der Waals surface area contributed by atoms with Crippen molar-refractivity contribution in [1.29, 1.82) is 0 Å². The SMILES string of the molecule is CC(C1CCCCC1)N1C(=O)SC(=Cc2ccc(N(C)C)cc2)C1=O. The third-order valence-electron chi connectivity index (χ3n) is 5.27. The maximum atomic E-state index is 12.8. The lowest BCUT2D eigenvalue weighted by molar-refractivity contribution is -0.125. The summed E-state index contributed by atoms with van der Waals surface area (Å²) in [6.45, 7) is 2.03. The van der Waals surface area contributed by atoms with E-state index in [0.717, 1.165) is 35.9 Å². The number of amides is 2. The van der Waals surface area contributed by atoms with Gasteiger partial charge in [-0.15, -0.1) is 0 Å². The molecule has 134 valence electrons. The zero-order valence-electron chi connectivity index (χ0n) is 15.2. The summed E-state index contributed by atoms with van der Waals surface area (Å²) in [4.78, 5) is 29.3. The predicted molar refractivity (Wildman–Crippen MR) is 105 cm³/mol. The molecule has 1 aliphatic heterocycles. The first kappa shape index (κ1) is 18.1. The van der Waals surface area contributed by atoms with E-state index in [9.17, 15) is 9.59 Å². The molecule has 1 aliphatic carbocycles. The number of rotatable bonds is 4. The molecule has 0 spiro atoms. The van der Waals surface area contributed by atoms with E-state index in [1.807, 2.05) is 56.3 Å². The molecule has 2 amide bonds. The number of carbonyl (C=O) groups excluding carboxylic acids is 2. The normalized spacial score (nSPS) is 21.9. The second kappa shape index (κ2) is 7.65. The maximum Gasteiger partial charge on any atom is 0.293 e. The molecule has 1 aromatic rings. The fourth-order valence-electron chi connectivity index (χ4n) is 3.68. The van der Waals surface area contributed by atoms with Gasteiger partial charge < -0.3 is 4.90 Å². The summed E-state index contributed by atoms with van der Waals surface area (Å²) in [6.07, 6.45) is 7.76. The van der Waals surface area contributed by atoms with Crippen molar-refractivity contribution in [1.82, 2.24) is 4.90 Å². The number of thioether (sulfide) groups is 1. The Hall–Kier alpha value is -1.75. The van der Waals surface area contributed by atoms with Crippen LogP contribution in [0.5, 0.6) is 0 Å². The van der Waals surface area contributed by atoms with Crippen molar-refractivity contribution in [2.24, 2.45) is 5.92 Å². The largest absolute Gasteiger partial charge is 0.378 e. The molecule has 5 heteroatoms. The maximum absolute atomic E-state index is 12.8. The van der Waals surface area contributed by atoms with Crippen LogP contribution in [0.15, 0.2) is 29.2 Å². The van der Waals surface area contributed by atoms with Gasteiger partial charge in [-0.2, -0.15) is 0 Å². The molecule has 4 nitrogen and oxygen atoms in total. The molecule has 2 fully saturated rings. The van der Waals surface area contributed by atoms with Gasteiger partial charge in [-0.1, -0.05) is 31.4 Å². The van der Waals surface area contributed by atoms with Crippen LogP contribution < -0.4 is 4.90 Å². The molecule has 25 heavy (non-hydrogen) atoms. The van der Waals surface area contributed by atoms with Crippen molar-refractivity contribution in [2.45, 2.75) is 45.1 Å². The smallest absolute Gasteiger partial charge is 0.293 e. The average Bonchev–Trinajstić information content (AvgIpc) is 2.89. The molecule has 0 radical (unpaired) electrons. The van der Waals surface area contributed by atoms with Gasteiger partial charge in [-0.3, -0.25) is 14.5 Å². The van der Waals surface area contributed by atoms with Crippen LogP contribution in [0.2, 0.25) is 0 Å². The van der Waals surface area contributed by atoms with Crippen molar-refractivity contribution in [3.63, 3.8) is 0 Å². The van der Waals surface area contributed by atoms with Gasteiger partial charge in [0.05, 0.1) is 4.91 Å². The summed E-state index contributed by atoms with van der Waals surface area (Å²) in [5, 5.41) is -0.126. The van der Waals surface area contributed by atoms with Gasteiger partial charge in [0, 0.05) is 25.8 Å². The first-order chi connectivity index (χ1) is 12.0. The summed E-state index contributed by atoms with van der Waals surface area (Å²) < 4.78 is 0.